The molecule has 0 amide bonds. The van der Waals surface area contributed by atoms with E-state index >= 15 is 0 Å². The van der Waals surface area contributed by atoms with Crippen molar-refractivity contribution >= 4 is 65.8 Å². The number of ether oxygens (including phenoxy) is 4. The molecule has 0 saturated heterocycles. The Hall–Kier alpha value is -4.60. The standard InChI is InChI=1S/C40H44N4O4/c1-5-29-25-30-6-2-10-38-34(30)27-33(29)37(9-1)41-13-17-45-21-22-46-19-15-43-39-11-3-7-31-26-32-8-4-12-40(36(32)28-35(31)39)44-16-20-48-24-23-47-18-14-42-38/h1-12,25-28,41-44H,13-24H2. The zero-order valence-electron chi connectivity index (χ0n) is 27.4. The van der Waals surface area contributed by atoms with E-state index in [1.54, 1.807) is 0 Å². The molecule has 1 heterocycles. The Labute approximate surface area is 281 Å². The lowest BCUT2D eigenvalue weighted by molar-refractivity contribution is 0.0557. The second kappa shape index (κ2) is 16.0. The van der Waals surface area contributed by atoms with Crippen molar-refractivity contribution in [3.8, 4) is 0 Å². The first-order valence-electron chi connectivity index (χ1n) is 17.0. The van der Waals surface area contributed by atoms with Crippen molar-refractivity contribution in [3.05, 3.63) is 97.1 Å². The molecular formula is C40H44N4O4. The van der Waals surface area contributed by atoms with Crippen LogP contribution in [0.3, 0.4) is 0 Å². The summed E-state index contributed by atoms with van der Waals surface area (Å²) in [7, 11) is 0. The summed E-state index contributed by atoms with van der Waals surface area (Å²) in [4.78, 5) is 0. The van der Waals surface area contributed by atoms with Crippen LogP contribution in [0.1, 0.15) is 0 Å². The summed E-state index contributed by atoms with van der Waals surface area (Å²) in [6.45, 7) is 7.49. The molecule has 0 unspecified atom stereocenters. The third kappa shape index (κ3) is 7.75. The monoisotopic (exact) mass is 644 g/mol. The number of anilines is 4. The number of nitrogens with one attached hydrogen (secondary N) is 4. The average Bonchev–Trinajstić information content (AvgIpc) is 3.11. The summed E-state index contributed by atoms with van der Waals surface area (Å²) in [5.41, 5.74) is 4.41. The van der Waals surface area contributed by atoms with Gasteiger partial charge in [-0.3, -0.25) is 0 Å². The maximum atomic E-state index is 5.88. The Balaban J connectivity index is 1.02. The molecule has 0 aromatic heterocycles. The van der Waals surface area contributed by atoms with Crippen molar-refractivity contribution in [1.82, 2.24) is 0 Å². The van der Waals surface area contributed by atoms with Crippen molar-refractivity contribution < 1.29 is 18.9 Å². The molecule has 7 rings (SSSR count). The highest BCUT2D eigenvalue weighted by Gasteiger charge is 2.09. The van der Waals surface area contributed by atoms with E-state index in [1.165, 1.54) is 43.1 Å². The van der Waals surface area contributed by atoms with Crippen LogP contribution in [0, 0.1) is 0 Å². The van der Waals surface area contributed by atoms with E-state index in [0.29, 0.717) is 79.0 Å². The Morgan fingerprint density at radius 1 is 0.312 bits per heavy atom. The minimum Gasteiger partial charge on any atom is -0.382 e. The summed E-state index contributed by atoms with van der Waals surface area (Å²) in [6, 6.07) is 34.6. The van der Waals surface area contributed by atoms with E-state index in [0.717, 1.165) is 22.7 Å². The Bertz CT molecular complexity index is 1700. The fourth-order valence-corrected chi connectivity index (χ4v) is 6.40. The molecule has 6 aromatic rings. The van der Waals surface area contributed by atoms with Crippen LogP contribution in [0.25, 0.3) is 43.1 Å². The van der Waals surface area contributed by atoms with Gasteiger partial charge in [-0.15, -0.1) is 0 Å². The molecule has 0 saturated carbocycles. The van der Waals surface area contributed by atoms with Crippen molar-refractivity contribution in [1.29, 1.82) is 0 Å². The molecule has 1 aliphatic heterocycles. The minimum absolute atomic E-state index is 0.557. The van der Waals surface area contributed by atoms with Gasteiger partial charge in [0.2, 0.25) is 0 Å². The average molecular weight is 645 g/mol. The van der Waals surface area contributed by atoms with Crippen molar-refractivity contribution in [2.45, 2.75) is 0 Å². The first kappa shape index (κ1) is 32.0. The van der Waals surface area contributed by atoms with Crippen LogP contribution in [-0.2, 0) is 18.9 Å². The lowest BCUT2D eigenvalue weighted by Crippen LogP contribution is -2.15. The van der Waals surface area contributed by atoms with Gasteiger partial charge >= 0.3 is 0 Å². The molecule has 4 N–H and O–H groups in total. The SMILES string of the molecule is c1cc2c3cc4c(cccc4cc3c1)NCCOCCOCCNc1cccc3cc4cccc(c4cc13)NCCOCCOCCN2. The molecule has 0 spiro atoms. The van der Waals surface area contributed by atoms with Gasteiger partial charge in [0, 0.05) is 70.5 Å². The van der Waals surface area contributed by atoms with Gasteiger partial charge in [-0.25, -0.2) is 0 Å². The van der Waals surface area contributed by atoms with Gasteiger partial charge in [0.05, 0.1) is 52.9 Å². The zero-order valence-corrected chi connectivity index (χ0v) is 27.4. The number of hydrogen-bond acceptors (Lipinski definition) is 8. The van der Waals surface area contributed by atoms with E-state index in [9.17, 15) is 0 Å². The Kier molecular flexibility index (Phi) is 10.7. The van der Waals surface area contributed by atoms with Crippen molar-refractivity contribution in [2.24, 2.45) is 0 Å². The molecule has 248 valence electrons. The number of hydrogen-bond donors (Lipinski definition) is 4. The lowest BCUT2D eigenvalue weighted by atomic mass is 10.0. The highest BCUT2D eigenvalue weighted by atomic mass is 16.5. The maximum Gasteiger partial charge on any atom is 0.0701 e. The number of rotatable bonds is 0. The van der Waals surface area contributed by atoms with Crippen LogP contribution >= 0.6 is 0 Å². The summed E-state index contributed by atoms with van der Waals surface area (Å²) in [5, 5.41) is 23.9. The lowest BCUT2D eigenvalue weighted by Gasteiger charge is -2.15. The third-order valence-corrected chi connectivity index (χ3v) is 8.75. The Morgan fingerprint density at radius 2 is 0.583 bits per heavy atom. The van der Waals surface area contributed by atoms with Gasteiger partial charge in [0.1, 0.15) is 0 Å². The summed E-state index contributed by atoms with van der Waals surface area (Å²) < 4.78 is 23.5. The highest BCUT2D eigenvalue weighted by Crippen LogP contribution is 2.33. The molecule has 8 heteroatoms. The third-order valence-electron chi connectivity index (χ3n) is 8.75. The Morgan fingerprint density at radius 3 is 0.854 bits per heavy atom. The largest absolute Gasteiger partial charge is 0.382 e. The topological polar surface area (TPSA) is 85.0 Å². The van der Waals surface area contributed by atoms with Crippen LogP contribution in [0.15, 0.2) is 97.1 Å². The van der Waals surface area contributed by atoms with Crippen molar-refractivity contribution in [3.63, 3.8) is 0 Å². The second-order valence-corrected chi connectivity index (χ2v) is 12.0. The van der Waals surface area contributed by atoms with E-state index in [1.807, 2.05) is 0 Å². The van der Waals surface area contributed by atoms with E-state index in [2.05, 4.69) is 118 Å². The normalized spacial score (nSPS) is 16.5. The smallest absolute Gasteiger partial charge is 0.0701 e. The summed E-state index contributed by atoms with van der Waals surface area (Å²) >= 11 is 0. The minimum atomic E-state index is 0.557. The molecule has 0 aliphatic carbocycles. The van der Waals surface area contributed by atoms with Gasteiger partial charge in [0.15, 0.2) is 0 Å². The van der Waals surface area contributed by atoms with Crippen molar-refractivity contribution in [2.75, 3.05) is 100 Å². The van der Waals surface area contributed by atoms with Crippen LogP contribution < -0.4 is 21.3 Å². The van der Waals surface area contributed by atoms with Crippen LogP contribution in [-0.4, -0.2) is 79.0 Å². The van der Waals surface area contributed by atoms with E-state index < -0.39 is 0 Å². The first-order chi connectivity index (χ1) is 23.8. The maximum absolute atomic E-state index is 5.88. The van der Waals surface area contributed by atoms with E-state index in [4.69, 9.17) is 18.9 Å². The molecule has 48 heavy (non-hydrogen) atoms. The second-order valence-electron chi connectivity index (χ2n) is 12.0. The molecule has 8 nitrogen and oxygen atoms in total. The van der Waals surface area contributed by atoms with Crippen LogP contribution in [0.4, 0.5) is 22.7 Å². The predicted molar refractivity (Wildman–Crippen MR) is 200 cm³/mol. The molecule has 0 atom stereocenters. The molecule has 0 radical (unpaired) electrons. The van der Waals surface area contributed by atoms with Crippen LogP contribution in [0.2, 0.25) is 0 Å². The molecule has 6 aromatic carbocycles. The van der Waals surface area contributed by atoms with Gasteiger partial charge < -0.3 is 40.2 Å². The summed E-state index contributed by atoms with van der Waals surface area (Å²) in [5.74, 6) is 0. The summed E-state index contributed by atoms with van der Waals surface area (Å²) in [6.07, 6.45) is 0. The predicted octanol–water partition coefficient (Wildman–Crippen LogP) is 7.73. The van der Waals surface area contributed by atoms with Gasteiger partial charge in [-0.1, -0.05) is 48.5 Å². The number of benzene rings is 6. The molecule has 4 bridgehead atoms. The molecule has 1 aliphatic rings. The van der Waals surface area contributed by atoms with Gasteiger partial charge in [0.25, 0.3) is 0 Å². The fraction of sp³-hybridized carbons (Fsp3) is 0.300. The van der Waals surface area contributed by atoms with Gasteiger partial charge in [-0.2, -0.15) is 0 Å². The van der Waals surface area contributed by atoms with Crippen LogP contribution in [0.5, 0.6) is 0 Å². The first-order valence-corrected chi connectivity index (χ1v) is 17.0. The molecule has 0 fully saturated rings. The van der Waals surface area contributed by atoms with Gasteiger partial charge in [-0.05, 0) is 70.1 Å². The highest BCUT2D eigenvalue weighted by molar-refractivity contribution is 6.08. The fourth-order valence-electron chi connectivity index (χ4n) is 6.40. The zero-order chi connectivity index (χ0) is 32.4. The molecular weight excluding hydrogens is 600 g/mol. The van der Waals surface area contributed by atoms with E-state index in [-0.39, 0.29) is 0 Å². The quantitative estimate of drug-likeness (QED) is 0.125.